The van der Waals surface area contributed by atoms with Crippen molar-refractivity contribution in [3.8, 4) is 0 Å². The third kappa shape index (κ3) is 3.16. The van der Waals surface area contributed by atoms with Crippen molar-refractivity contribution in [3.63, 3.8) is 0 Å². The van der Waals surface area contributed by atoms with E-state index in [4.69, 9.17) is 0 Å². The van der Waals surface area contributed by atoms with Crippen molar-refractivity contribution in [2.45, 2.75) is 51.5 Å². The van der Waals surface area contributed by atoms with Crippen molar-refractivity contribution < 1.29 is 24.4 Å². The van der Waals surface area contributed by atoms with Crippen LogP contribution in [-0.4, -0.2) is 38.8 Å². The Hall–Kier alpha value is -2.77. The van der Waals surface area contributed by atoms with Crippen molar-refractivity contribution in [1.29, 1.82) is 0 Å². The van der Waals surface area contributed by atoms with Crippen LogP contribution in [0.3, 0.4) is 0 Å². The highest BCUT2D eigenvalue weighted by atomic mass is 16.6. The minimum absolute atomic E-state index is 0.000523. The molecule has 4 atom stereocenters. The Bertz CT molecular complexity index is 834. The third-order valence-electron chi connectivity index (χ3n) is 6.21. The molecule has 0 spiro atoms. The highest BCUT2D eigenvalue weighted by molar-refractivity contribution is 6.07. The van der Waals surface area contributed by atoms with Crippen molar-refractivity contribution >= 4 is 23.5 Å². The molecule has 2 aliphatic rings. The number of nitrogens with zero attached hydrogens (tertiary/aromatic N) is 2. The van der Waals surface area contributed by atoms with E-state index in [-0.39, 0.29) is 17.5 Å². The molecule has 2 amide bonds. The SMILES string of the molecule is CC(C)C(C(=O)O)N1C(=O)C2CCC(C)(c3ccc([N+](=O)[O-])cc3)CC2C1=O. The lowest BCUT2D eigenvalue weighted by atomic mass is 9.64. The molecule has 150 valence electrons. The summed E-state index contributed by atoms with van der Waals surface area (Å²) < 4.78 is 0. The van der Waals surface area contributed by atoms with E-state index < -0.39 is 40.1 Å². The number of likely N-dealkylation sites (tertiary alicyclic amines) is 1. The lowest BCUT2D eigenvalue weighted by Crippen LogP contribution is -2.48. The number of carbonyl (C=O) groups is 3. The van der Waals surface area contributed by atoms with Crippen LogP contribution in [0.4, 0.5) is 5.69 Å². The zero-order chi connectivity index (χ0) is 20.8. The van der Waals surface area contributed by atoms with Crippen LogP contribution in [0.5, 0.6) is 0 Å². The highest BCUT2D eigenvalue weighted by Gasteiger charge is 2.56. The van der Waals surface area contributed by atoms with Gasteiger partial charge in [0.2, 0.25) is 11.8 Å². The smallest absolute Gasteiger partial charge is 0.327 e. The summed E-state index contributed by atoms with van der Waals surface area (Å²) in [6.45, 7) is 5.35. The number of nitro benzene ring substituents is 1. The van der Waals surface area contributed by atoms with Crippen molar-refractivity contribution in [1.82, 2.24) is 4.90 Å². The van der Waals surface area contributed by atoms with Gasteiger partial charge in [0.05, 0.1) is 16.8 Å². The summed E-state index contributed by atoms with van der Waals surface area (Å²) in [5.41, 5.74) is 0.480. The summed E-state index contributed by atoms with van der Waals surface area (Å²) in [5, 5.41) is 20.4. The molecule has 1 saturated heterocycles. The third-order valence-corrected chi connectivity index (χ3v) is 6.21. The van der Waals surface area contributed by atoms with Gasteiger partial charge >= 0.3 is 5.97 Å². The van der Waals surface area contributed by atoms with Crippen LogP contribution >= 0.6 is 0 Å². The van der Waals surface area contributed by atoms with E-state index in [1.54, 1.807) is 26.0 Å². The lowest BCUT2D eigenvalue weighted by Gasteiger charge is -2.38. The van der Waals surface area contributed by atoms with Crippen LogP contribution < -0.4 is 0 Å². The highest BCUT2D eigenvalue weighted by Crippen LogP contribution is 2.49. The zero-order valence-corrected chi connectivity index (χ0v) is 16.1. The van der Waals surface area contributed by atoms with Crippen LogP contribution in [-0.2, 0) is 19.8 Å². The largest absolute Gasteiger partial charge is 0.480 e. The molecule has 8 nitrogen and oxygen atoms in total. The van der Waals surface area contributed by atoms with Crippen LogP contribution in [0.25, 0.3) is 0 Å². The van der Waals surface area contributed by atoms with Gasteiger partial charge in [-0.05, 0) is 36.2 Å². The Morgan fingerprint density at radius 3 is 2.29 bits per heavy atom. The number of aliphatic carboxylic acids is 1. The minimum atomic E-state index is -1.17. The van der Waals surface area contributed by atoms with E-state index in [1.165, 1.54) is 12.1 Å². The number of hydrogen-bond donors (Lipinski definition) is 1. The molecule has 1 N–H and O–H groups in total. The molecule has 1 aliphatic carbocycles. The molecule has 4 unspecified atom stereocenters. The fourth-order valence-corrected chi connectivity index (χ4v) is 4.64. The predicted molar refractivity (Wildman–Crippen MR) is 99.4 cm³/mol. The Labute approximate surface area is 162 Å². The Morgan fingerprint density at radius 2 is 1.79 bits per heavy atom. The van der Waals surface area contributed by atoms with Gasteiger partial charge in [0, 0.05) is 12.1 Å². The molecule has 0 bridgehead atoms. The monoisotopic (exact) mass is 388 g/mol. The first kappa shape index (κ1) is 20.0. The van der Waals surface area contributed by atoms with E-state index in [9.17, 15) is 29.6 Å². The molecule has 1 aromatic carbocycles. The fourth-order valence-electron chi connectivity index (χ4n) is 4.64. The number of fused-ring (bicyclic) bond motifs is 1. The summed E-state index contributed by atoms with van der Waals surface area (Å²) in [4.78, 5) is 48.9. The molecule has 2 fully saturated rings. The normalized spacial score (nSPS) is 28.4. The molecule has 1 heterocycles. The molecular formula is C20H24N2O6. The molecule has 1 aromatic rings. The molecule has 1 saturated carbocycles. The van der Waals surface area contributed by atoms with Gasteiger partial charge in [0.15, 0.2) is 0 Å². The van der Waals surface area contributed by atoms with Crippen molar-refractivity contribution in [2.75, 3.05) is 0 Å². The second kappa shape index (κ2) is 7.00. The average molecular weight is 388 g/mol. The van der Waals surface area contributed by atoms with E-state index in [0.717, 1.165) is 10.5 Å². The number of amides is 2. The number of carboxylic acid groups (broad SMARTS) is 1. The van der Waals surface area contributed by atoms with Gasteiger partial charge in [-0.1, -0.05) is 32.9 Å². The maximum Gasteiger partial charge on any atom is 0.327 e. The molecule has 0 aromatic heterocycles. The first-order valence-electron chi connectivity index (χ1n) is 9.41. The van der Waals surface area contributed by atoms with Crippen molar-refractivity contribution in [3.05, 3.63) is 39.9 Å². The Kier molecular flexibility index (Phi) is 4.99. The fraction of sp³-hybridized carbons (Fsp3) is 0.550. The van der Waals surface area contributed by atoms with E-state index in [1.807, 2.05) is 6.92 Å². The van der Waals surface area contributed by atoms with Gasteiger partial charge in [-0.25, -0.2) is 4.79 Å². The summed E-state index contributed by atoms with van der Waals surface area (Å²) in [5.74, 6) is -3.40. The molecule has 8 heteroatoms. The van der Waals surface area contributed by atoms with Crippen LogP contribution in [0.1, 0.15) is 45.6 Å². The number of imide groups is 1. The average Bonchev–Trinajstić information content (AvgIpc) is 2.86. The number of carbonyl (C=O) groups excluding carboxylic acids is 2. The molecular weight excluding hydrogens is 364 g/mol. The minimum Gasteiger partial charge on any atom is -0.480 e. The summed E-state index contributed by atoms with van der Waals surface area (Å²) in [6.07, 6.45) is 1.56. The summed E-state index contributed by atoms with van der Waals surface area (Å²) in [7, 11) is 0. The summed E-state index contributed by atoms with van der Waals surface area (Å²) in [6, 6.07) is 5.13. The maximum atomic E-state index is 13.0. The Balaban J connectivity index is 1.88. The lowest BCUT2D eigenvalue weighted by molar-refractivity contribution is -0.384. The van der Waals surface area contributed by atoms with Gasteiger partial charge in [0.1, 0.15) is 6.04 Å². The van der Waals surface area contributed by atoms with Crippen LogP contribution in [0, 0.1) is 27.9 Å². The Morgan fingerprint density at radius 1 is 1.21 bits per heavy atom. The number of non-ortho nitro benzene ring substituents is 1. The number of hydrogen-bond acceptors (Lipinski definition) is 5. The second-order valence-electron chi connectivity index (χ2n) is 8.39. The van der Waals surface area contributed by atoms with E-state index >= 15 is 0 Å². The van der Waals surface area contributed by atoms with Crippen LogP contribution in [0.15, 0.2) is 24.3 Å². The second-order valence-corrected chi connectivity index (χ2v) is 8.39. The number of rotatable bonds is 5. The first-order valence-corrected chi connectivity index (χ1v) is 9.41. The standard InChI is InChI=1S/C20H24N2O6/c1-11(2)16(19(25)26)21-17(23)14-8-9-20(3,10-15(14)18(21)24)12-4-6-13(7-5-12)22(27)28/h4-7,11,14-16H,8-10H2,1-3H3,(H,25,26). The number of benzene rings is 1. The molecule has 3 rings (SSSR count). The van der Waals surface area contributed by atoms with Crippen LogP contribution in [0.2, 0.25) is 0 Å². The predicted octanol–water partition coefficient (Wildman–Crippen LogP) is 2.75. The molecule has 1 aliphatic heterocycles. The zero-order valence-electron chi connectivity index (χ0n) is 16.1. The van der Waals surface area contributed by atoms with Gasteiger partial charge in [-0.15, -0.1) is 0 Å². The number of nitro groups is 1. The van der Waals surface area contributed by atoms with Gasteiger partial charge in [-0.2, -0.15) is 0 Å². The van der Waals surface area contributed by atoms with Crippen molar-refractivity contribution in [2.24, 2.45) is 17.8 Å². The maximum absolute atomic E-state index is 13.0. The van der Waals surface area contributed by atoms with Gasteiger partial charge in [-0.3, -0.25) is 24.6 Å². The first-order chi connectivity index (χ1) is 13.1. The number of carboxylic acids is 1. The molecule has 0 radical (unpaired) electrons. The van der Waals surface area contributed by atoms with E-state index in [0.29, 0.717) is 19.3 Å². The van der Waals surface area contributed by atoms with Gasteiger partial charge < -0.3 is 5.11 Å². The molecule has 28 heavy (non-hydrogen) atoms. The quantitative estimate of drug-likeness (QED) is 0.471. The summed E-state index contributed by atoms with van der Waals surface area (Å²) >= 11 is 0. The topological polar surface area (TPSA) is 118 Å². The van der Waals surface area contributed by atoms with Gasteiger partial charge in [0.25, 0.3) is 5.69 Å². The van der Waals surface area contributed by atoms with E-state index in [2.05, 4.69) is 0 Å².